The molecule has 0 spiro atoms. The van der Waals surface area contributed by atoms with E-state index in [1.54, 1.807) is 24.3 Å². The number of aromatic nitrogens is 1. The number of aromatic amines is 1. The average molecular weight is 401 g/mol. The Morgan fingerprint density at radius 2 is 1.83 bits per heavy atom. The van der Waals surface area contributed by atoms with Crippen LogP contribution in [-0.2, 0) is 14.3 Å². The van der Waals surface area contributed by atoms with Crippen molar-refractivity contribution in [1.29, 1.82) is 0 Å². The SMILES string of the molecule is C=C(C)COc1ccc([C@@H](CC(=O)OC)c2c(O)c(C(=O)OC)c[nH]c2=O)cc1. The van der Waals surface area contributed by atoms with Gasteiger partial charge in [0, 0.05) is 12.1 Å². The van der Waals surface area contributed by atoms with Crippen LogP contribution < -0.4 is 10.3 Å². The first kappa shape index (κ1) is 21.7. The second-order valence-corrected chi connectivity index (χ2v) is 6.43. The van der Waals surface area contributed by atoms with Crippen molar-refractivity contribution in [3.8, 4) is 11.5 Å². The molecule has 0 saturated carbocycles. The Labute approximate surface area is 167 Å². The molecule has 0 saturated heterocycles. The van der Waals surface area contributed by atoms with Crippen molar-refractivity contribution in [1.82, 2.24) is 4.98 Å². The molecule has 0 amide bonds. The third kappa shape index (κ3) is 5.25. The van der Waals surface area contributed by atoms with Crippen LogP contribution >= 0.6 is 0 Å². The van der Waals surface area contributed by atoms with E-state index in [0.717, 1.165) is 18.9 Å². The van der Waals surface area contributed by atoms with Crippen molar-refractivity contribution in [3.05, 3.63) is 69.7 Å². The van der Waals surface area contributed by atoms with E-state index in [9.17, 15) is 19.5 Å². The van der Waals surface area contributed by atoms with Crippen LogP contribution in [0.15, 0.2) is 47.4 Å². The molecule has 0 aliphatic heterocycles. The van der Waals surface area contributed by atoms with Crippen LogP contribution in [0.5, 0.6) is 11.5 Å². The van der Waals surface area contributed by atoms with Crippen LogP contribution in [0.3, 0.4) is 0 Å². The van der Waals surface area contributed by atoms with E-state index in [1.165, 1.54) is 7.11 Å². The van der Waals surface area contributed by atoms with Crippen molar-refractivity contribution >= 4 is 11.9 Å². The van der Waals surface area contributed by atoms with E-state index in [4.69, 9.17) is 9.47 Å². The lowest BCUT2D eigenvalue weighted by Crippen LogP contribution is -2.22. The first-order valence-corrected chi connectivity index (χ1v) is 8.75. The molecule has 0 bridgehead atoms. The number of hydrogen-bond acceptors (Lipinski definition) is 7. The van der Waals surface area contributed by atoms with Gasteiger partial charge < -0.3 is 24.3 Å². The molecule has 0 radical (unpaired) electrons. The van der Waals surface area contributed by atoms with Crippen LogP contribution in [0, 0.1) is 0 Å². The van der Waals surface area contributed by atoms with Crippen LogP contribution in [-0.4, -0.2) is 42.9 Å². The highest BCUT2D eigenvalue weighted by atomic mass is 16.5. The van der Waals surface area contributed by atoms with Crippen LogP contribution in [0.1, 0.15) is 40.7 Å². The predicted molar refractivity (Wildman–Crippen MR) is 105 cm³/mol. The number of nitrogens with one attached hydrogen (secondary N) is 1. The minimum Gasteiger partial charge on any atom is -0.506 e. The predicted octanol–water partition coefficient (Wildman–Crippen LogP) is 2.52. The summed E-state index contributed by atoms with van der Waals surface area (Å²) in [6, 6.07) is 6.70. The molecule has 1 atom stereocenters. The molecule has 0 aliphatic rings. The molecule has 154 valence electrons. The molecule has 2 rings (SSSR count). The molecule has 8 heteroatoms. The van der Waals surface area contributed by atoms with Gasteiger partial charge in [-0.1, -0.05) is 18.7 Å². The summed E-state index contributed by atoms with van der Waals surface area (Å²) >= 11 is 0. The molecule has 2 N–H and O–H groups in total. The molecule has 8 nitrogen and oxygen atoms in total. The third-order valence-corrected chi connectivity index (χ3v) is 4.22. The molecular weight excluding hydrogens is 378 g/mol. The molecular formula is C21H23NO7. The number of benzene rings is 1. The van der Waals surface area contributed by atoms with Crippen molar-refractivity contribution in [2.24, 2.45) is 0 Å². The second kappa shape index (κ2) is 9.59. The van der Waals surface area contributed by atoms with Crippen LogP contribution in [0.2, 0.25) is 0 Å². The van der Waals surface area contributed by atoms with Crippen LogP contribution in [0.4, 0.5) is 0 Å². The number of esters is 2. The normalized spacial score (nSPS) is 11.4. The number of carbonyl (C=O) groups is 2. The van der Waals surface area contributed by atoms with Gasteiger partial charge in [-0.25, -0.2) is 4.79 Å². The zero-order valence-corrected chi connectivity index (χ0v) is 16.5. The lowest BCUT2D eigenvalue weighted by molar-refractivity contribution is -0.140. The molecule has 2 aromatic rings. The number of aromatic hydroxyl groups is 1. The zero-order valence-electron chi connectivity index (χ0n) is 16.5. The fraction of sp³-hybridized carbons (Fsp3) is 0.286. The number of carbonyl (C=O) groups excluding carboxylic acids is 2. The lowest BCUT2D eigenvalue weighted by atomic mass is 9.88. The summed E-state index contributed by atoms with van der Waals surface area (Å²) in [5.41, 5.74) is 0.438. The first-order valence-electron chi connectivity index (χ1n) is 8.75. The highest BCUT2D eigenvalue weighted by Gasteiger charge is 2.28. The average Bonchev–Trinajstić information content (AvgIpc) is 2.71. The summed E-state index contributed by atoms with van der Waals surface area (Å²) in [5, 5.41) is 10.6. The Balaban J connectivity index is 2.52. The maximum absolute atomic E-state index is 12.5. The fourth-order valence-corrected chi connectivity index (χ4v) is 2.76. The maximum Gasteiger partial charge on any atom is 0.343 e. The number of rotatable bonds is 8. The van der Waals surface area contributed by atoms with Gasteiger partial charge in [0.25, 0.3) is 5.56 Å². The summed E-state index contributed by atoms with van der Waals surface area (Å²) in [5.74, 6) is -2.22. The van der Waals surface area contributed by atoms with Gasteiger partial charge >= 0.3 is 11.9 Å². The molecule has 0 unspecified atom stereocenters. The molecule has 1 aromatic carbocycles. The van der Waals surface area contributed by atoms with E-state index in [2.05, 4.69) is 16.3 Å². The number of ether oxygens (including phenoxy) is 3. The van der Waals surface area contributed by atoms with Gasteiger partial charge in [-0.3, -0.25) is 9.59 Å². The Hall–Kier alpha value is -3.55. The van der Waals surface area contributed by atoms with Gasteiger partial charge in [0.05, 0.1) is 26.2 Å². The van der Waals surface area contributed by atoms with Gasteiger partial charge in [0.15, 0.2) is 0 Å². The van der Waals surface area contributed by atoms with E-state index in [-0.39, 0.29) is 17.5 Å². The van der Waals surface area contributed by atoms with Gasteiger partial charge in [-0.2, -0.15) is 0 Å². The van der Waals surface area contributed by atoms with Crippen molar-refractivity contribution in [3.63, 3.8) is 0 Å². The molecule has 1 aromatic heterocycles. The van der Waals surface area contributed by atoms with Gasteiger partial charge in [0.2, 0.25) is 0 Å². The number of pyridine rings is 1. The zero-order chi connectivity index (χ0) is 21.6. The highest BCUT2D eigenvalue weighted by Crippen LogP contribution is 2.34. The minimum absolute atomic E-state index is 0.131. The number of H-pyrrole nitrogens is 1. The summed E-state index contributed by atoms with van der Waals surface area (Å²) in [6.45, 7) is 5.96. The second-order valence-electron chi connectivity index (χ2n) is 6.43. The molecule has 0 aliphatic carbocycles. The Kier molecular flexibility index (Phi) is 7.19. The Bertz CT molecular complexity index is 960. The largest absolute Gasteiger partial charge is 0.506 e. The topological polar surface area (TPSA) is 115 Å². The Morgan fingerprint density at radius 1 is 1.17 bits per heavy atom. The summed E-state index contributed by atoms with van der Waals surface area (Å²) in [6.07, 6.45) is 0.848. The number of hydrogen-bond donors (Lipinski definition) is 2. The molecule has 0 fully saturated rings. The quantitative estimate of drug-likeness (QED) is 0.516. The first-order chi connectivity index (χ1) is 13.8. The maximum atomic E-state index is 12.5. The van der Waals surface area contributed by atoms with E-state index in [1.807, 2.05) is 6.92 Å². The van der Waals surface area contributed by atoms with Gasteiger partial charge in [-0.05, 0) is 30.2 Å². The van der Waals surface area contributed by atoms with Gasteiger partial charge in [-0.15, -0.1) is 0 Å². The molecule has 1 heterocycles. The van der Waals surface area contributed by atoms with E-state index in [0.29, 0.717) is 17.9 Å². The van der Waals surface area contributed by atoms with E-state index < -0.39 is 29.2 Å². The highest BCUT2D eigenvalue weighted by molar-refractivity contribution is 5.92. The van der Waals surface area contributed by atoms with Crippen molar-refractivity contribution in [2.75, 3.05) is 20.8 Å². The van der Waals surface area contributed by atoms with Gasteiger partial charge in [0.1, 0.15) is 23.7 Å². The van der Waals surface area contributed by atoms with E-state index >= 15 is 0 Å². The van der Waals surface area contributed by atoms with Crippen LogP contribution in [0.25, 0.3) is 0 Å². The lowest BCUT2D eigenvalue weighted by Gasteiger charge is -2.18. The number of methoxy groups -OCH3 is 2. The smallest absolute Gasteiger partial charge is 0.343 e. The standard InChI is InChI=1S/C21H23NO7/c1-12(2)11-29-14-7-5-13(6-8-14)15(9-17(23)27-3)18-19(24)16(21(26)28-4)10-22-20(18)25/h5-8,10,15H,1,9,11H2,2-4H3,(H2,22,24,25)/t15-/m1/s1. The van der Waals surface area contributed by atoms with Crippen molar-refractivity contribution in [2.45, 2.75) is 19.3 Å². The summed E-state index contributed by atoms with van der Waals surface area (Å²) in [7, 11) is 2.38. The summed E-state index contributed by atoms with van der Waals surface area (Å²) < 4.78 is 14.9. The van der Waals surface area contributed by atoms with Crippen molar-refractivity contribution < 1.29 is 28.9 Å². The molecule has 29 heavy (non-hydrogen) atoms. The monoisotopic (exact) mass is 401 g/mol. The third-order valence-electron chi connectivity index (χ3n) is 4.22. The Morgan fingerprint density at radius 3 is 2.38 bits per heavy atom. The minimum atomic E-state index is -0.856. The fourth-order valence-electron chi connectivity index (χ4n) is 2.76. The summed E-state index contributed by atoms with van der Waals surface area (Å²) in [4.78, 5) is 38.7.